The second-order valence-electron chi connectivity index (χ2n) is 6.07. The number of benzene rings is 1. The fourth-order valence-electron chi connectivity index (χ4n) is 3.23. The molecule has 0 atom stereocenters. The van der Waals surface area contributed by atoms with Crippen LogP contribution in [-0.4, -0.2) is 52.0 Å². The maximum atomic E-state index is 12.6. The fourth-order valence-corrected chi connectivity index (χ4v) is 3.23. The van der Waals surface area contributed by atoms with Gasteiger partial charge in [0, 0.05) is 45.3 Å². The van der Waals surface area contributed by atoms with Gasteiger partial charge < -0.3 is 5.32 Å². The predicted molar refractivity (Wildman–Crippen MR) is 90.3 cm³/mol. The molecule has 1 N–H and O–H groups in total. The third-order valence-electron chi connectivity index (χ3n) is 4.59. The molecule has 6 heteroatoms. The van der Waals surface area contributed by atoms with Crippen LogP contribution < -0.4 is 11.0 Å². The van der Waals surface area contributed by atoms with Gasteiger partial charge in [0.1, 0.15) is 5.82 Å². The average Bonchev–Trinajstić information content (AvgIpc) is 2.77. The second-order valence-corrected chi connectivity index (χ2v) is 6.07. The molecule has 1 fully saturated rings. The number of fused-ring (bicyclic) bond motifs is 2. The van der Waals surface area contributed by atoms with Gasteiger partial charge in [0.2, 0.25) is 0 Å². The maximum absolute atomic E-state index is 12.6. The van der Waals surface area contributed by atoms with Crippen LogP contribution in [0.5, 0.6) is 0 Å². The van der Waals surface area contributed by atoms with Crippen molar-refractivity contribution < 1.29 is 0 Å². The molecule has 1 aromatic heterocycles. The predicted octanol–water partition coefficient (Wildman–Crippen LogP) is 0.482. The first-order valence-electron chi connectivity index (χ1n) is 8.19. The van der Waals surface area contributed by atoms with Crippen LogP contribution in [0.1, 0.15) is 17.0 Å². The minimum Gasteiger partial charge on any atom is -0.314 e. The van der Waals surface area contributed by atoms with E-state index in [4.69, 9.17) is 0 Å². The first-order chi connectivity index (χ1) is 11.3. The first-order valence-corrected chi connectivity index (χ1v) is 8.19. The van der Waals surface area contributed by atoms with Crippen LogP contribution in [0, 0.1) is 0 Å². The van der Waals surface area contributed by atoms with E-state index in [-0.39, 0.29) is 5.69 Å². The summed E-state index contributed by atoms with van der Waals surface area (Å²) in [6, 6.07) is 8.21. The zero-order valence-corrected chi connectivity index (χ0v) is 13.1. The van der Waals surface area contributed by atoms with Gasteiger partial charge in [-0.3, -0.25) is 9.47 Å². The van der Waals surface area contributed by atoms with Gasteiger partial charge in [0.15, 0.2) is 0 Å². The highest BCUT2D eigenvalue weighted by Gasteiger charge is 2.17. The molecule has 0 bridgehead atoms. The number of aromatic nitrogens is 3. The van der Waals surface area contributed by atoms with Crippen LogP contribution in [0.25, 0.3) is 12.3 Å². The molecule has 1 aromatic carbocycles. The van der Waals surface area contributed by atoms with Gasteiger partial charge in [-0.15, -0.1) is 0 Å². The molecule has 0 aliphatic carbocycles. The molecule has 6 nitrogen and oxygen atoms in total. The minimum atomic E-state index is -0.0424. The molecule has 2 aromatic rings. The van der Waals surface area contributed by atoms with Gasteiger partial charge >= 0.3 is 5.69 Å². The molecular weight excluding hydrogens is 290 g/mol. The number of hydrogen-bond acceptors (Lipinski definition) is 4. The van der Waals surface area contributed by atoms with E-state index in [2.05, 4.69) is 27.4 Å². The van der Waals surface area contributed by atoms with Gasteiger partial charge in [0.25, 0.3) is 0 Å². The van der Waals surface area contributed by atoms with Crippen LogP contribution in [0.2, 0.25) is 0 Å². The molecule has 4 rings (SSSR count). The number of nitrogens with zero attached hydrogens (tertiary/aromatic N) is 4. The number of hydrogen-bond donors (Lipinski definition) is 1. The Morgan fingerprint density at radius 3 is 2.83 bits per heavy atom. The van der Waals surface area contributed by atoms with E-state index in [0.717, 1.165) is 44.1 Å². The van der Waals surface area contributed by atoms with Gasteiger partial charge in [-0.2, -0.15) is 5.10 Å². The van der Waals surface area contributed by atoms with Crippen LogP contribution in [0.4, 0.5) is 0 Å². The van der Waals surface area contributed by atoms with E-state index < -0.39 is 0 Å². The summed E-state index contributed by atoms with van der Waals surface area (Å²) in [6.07, 6.45) is 4.53. The lowest BCUT2D eigenvalue weighted by molar-refractivity contribution is 0.228. The zero-order valence-electron chi connectivity index (χ0n) is 13.1. The van der Waals surface area contributed by atoms with E-state index in [9.17, 15) is 4.79 Å². The summed E-state index contributed by atoms with van der Waals surface area (Å²) in [5, 5.41) is 7.91. The van der Waals surface area contributed by atoms with Crippen molar-refractivity contribution in [3.8, 4) is 0 Å². The molecule has 0 spiro atoms. The summed E-state index contributed by atoms with van der Waals surface area (Å²) in [4.78, 5) is 14.9. The van der Waals surface area contributed by atoms with Gasteiger partial charge in [-0.25, -0.2) is 9.48 Å². The van der Waals surface area contributed by atoms with Crippen molar-refractivity contribution >= 4 is 12.3 Å². The lowest BCUT2D eigenvalue weighted by Crippen LogP contribution is -2.45. The van der Waals surface area contributed by atoms with Crippen molar-refractivity contribution in [1.29, 1.82) is 0 Å². The van der Waals surface area contributed by atoms with Crippen molar-refractivity contribution in [3.63, 3.8) is 0 Å². The van der Waals surface area contributed by atoms with E-state index in [1.54, 1.807) is 9.25 Å². The summed E-state index contributed by atoms with van der Waals surface area (Å²) in [5.74, 6) is 0.816. The molecule has 23 heavy (non-hydrogen) atoms. The molecule has 0 unspecified atom stereocenters. The van der Waals surface area contributed by atoms with E-state index >= 15 is 0 Å². The molecule has 0 saturated carbocycles. The Balaban J connectivity index is 1.55. The molecule has 120 valence electrons. The van der Waals surface area contributed by atoms with Crippen LogP contribution in [0.3, 0.4) is 0 Å². The summed E-state index contributed by atoms with van der Waals surface area (Å²) in [7, 11) is 0. The minimum absolute atomic E-state index is 0.0424. The summed E-state index contributed by atoms with van der Waals surface area (Å²) >= 11 is 0. The standard InChI is InChI=1S/C17H21N5O/c23-17-21-8-5-14-3-1-2-4-15(14)13-16(21)19-22(17)12-11-20-9-6-18-7-10-20/h1-5,8,18H,6-7,9-13H2. The molecule has 3 heterocycles. The SMILES string of the molecule is O=c1n(CCN2CCNCC2)nc2n1C=Cc1ccccc1C2. The quantitative estimate of drug-likeness (QED) is 0.764. The average molecular weight is 311 g/mol. The van der Waals surface area contributed by atoms with Gasteiger partial charge in [-0.05, 0) is 17.2 Å². The molecular formula is C17H21N5O. The molecule has 0 amide bonds. The monoisotopic (exact) mass is 311 g/mol. The van der Waals surface area contributed by atoms with E-state index in [1.165, 1.54) is 5.56 Å². The Hall–Kier alpha value is -2.18. The highest BCUT2D eigenvalue weighted by molar-refractivity contribution is 5.65. The fraction of sp³-hybridized carbons (Fsp3) is 0.412. The van der Waals surface area contributed by atoms with Crippen molar-refractivity contribution in [3.05, 3.63) is 51.7 Å². The first kappa shape index (κ1) is 14.4. The summed E-state index contributed by atoms with van der Waals surface area (Å²) in [5.41, 5.74) is 2.32. The van der Waals surface area contributed by atoms with Gasteiger partial charge in [-0.1, -0.05) is 24.3 Å². The Morgan fingerprint density at radius 2 is 1.96 bits per heavy atom. The summed E-state index contributed by atoms with van der Waals surface area (Å²) < 4.78 is 3.29. The number of nitrogens with one attached hydrogen (secondary N) is 1. The van der Waals surface area contributed by atoms with Crippen LogP contribution >= 0.6 is 0 Å². The normalized spacial score (nSPS) is 17.6. The third kappa shape index (κ3) is 2.87. The second kappa shape index (κ2) is 6.14. The maximum Gasteiger partial charge on any atom is 0.350 e. The molecule has 0 radical (unpaired) electrons. The Labute approximate surface area is 135 Å². The number of rotatable bonds is 3. The van der Waals surface area contributed by atoms with Crippen molar-refractivity contribution in [2.45, 2.75) is 13.0 Å². The largest absolute Gasteiger partial charge is 0.350 e. The molecule has 2 aliphatic rings. The van der Waals surface area contributed by atoms with E-state index in [0.29, 0.717) is 13.0 Å². The molecule has 2 aliphatic heterocycles. The highest BCUT2D eigenvalue weighted by Crippen LogP contribution is 2.18. The summed E-state index contributed by atoms with van der Waals surface area (Å²) in [6.45, 7) is 5.64. The topological polar surface area (TPSA) is 55.1 Å². The van der Waals surface area contributed by atoms with Crippen LogP contribution in [0.15, 0.2) is 29.1 Å². The van der Waals surface area contributed by atoms with Crippen molar-refractivity contribution in [2.75, 3.05) is 32.7 Å². The van der Waals surface area contributed by atoms with Crippen molar-refractivity contribution in [2.24, 2.45) is 0 Å². The molecule has 1 saturated heterocycles. The Kier molecular flexibility index (Phi) is 3.85. The zero-order chi connectivity index (χ0) is 15.6. The lowest BCUT2D eigenvalue weighted by Gasteiger charge is -2.26. The lowest BCUT2D eigenvalue weighted by atomic mass is 10.1. The smallest absolute Gasteiger partial charge is 0.314 e. The Bertz CT molecular complexity index is 783. The Morgan fingerprint density at radius 1 is 1.13 bits per heavy atom. The number of piperazine rings is 1. The van der Waals surface area contributed by atoms with E-state index in [1.807, 2.05) is 24.4 Å². The van der Waals surface area contributed by atoms with Gasteiger partial charge in [0.05, 0.1) is 6.54 Å². The third-order valence-corrected chi connectivity index (χ3v) is 4.59. The van der Waals surface area contributed by atoms with Crippen LogP contribution in [-0.2, 0) is 13.0 Å². The van der Waals surface area contributed by atoms with Crippen molar-refractivity contribution in [1.82, 2.24) is 24.6 Å². The highest BCUT2D eigenvalue weighted by atomic mass is 16.2.